The highest BCUT2D eigenvalue weighted by atomic mass is 32.2. The van der Waals surface area contributed by atoms with Crippen LogP contribution in [0.2, 0.25) is 0 Å². The van der Waals surface area contributed by atoms with Crippen molar-refractivity contribution in [3.63, 3.8) is 0 Å². The quantitative estimate of drug-likeness (QED) is 0.159. The molecule has 0 unspecified atom stereocenters. The Labute approximate surface area is 235 Å². The number of nitrogens with one attached hydrogen (secondary N) is 3. The molecule has 0 saturated carbocycles. The fourth-order valence-corrected chi connectivity index (χ4v) is 4.74. The number of aromatic hydroxyl groups is 1. The van der Waals surface area contributed by atoms with Gasteiger partial charge in [0.05, 0.1) is 30.0 Å². The van der Waals surface area contributed by atoms with Crippen LogP contribution in [0.5, 0.6) is 5.75 Å². The Morgan fingerprint density at radius 1 is 1.02 bits per heavy atom. The molecule has 2 atom stereocenters. The molecule has 0 aromatic heterocycles. The second-order valence-electron chi connectivity index (χ2n) is 9.75. The third kappa shape index (κ3) is 10.0. The van der Waals surface area contributed by atoms with Crippen LogP contribution in [0.3, 0.4) is 0 Å². The smallest absolute Gasteiger partial charge is 0.416 e. The molecule has 0 radical (unpaired) electrons. The van der Waals surface area contributed by atoms with Crippen molar-refractivity contribution < 1.29 is 41.0 Å². The number of sulfonamides is 1. The maximum absolute atomic E-state index is 13.3. The van der Waals surface area contributed by atoms with E-state index in [2.05, 4.69) is 15.4 Å². The van der Waals surface area contributed by atoms with Crippen molar-refractivity contribution in [2.24, 2.45) is 0 Å². The molecule has 3 rings (SSSR count). The van der Waals surface area contributed by atoms with Gasteiger partial charge in [0.25, 0.3) is 0 Å². The zero-order valence-electron chi connectivity index (χ0n) is 22.3. The number of carbonyl (C=O) groups excluding carboxylic acids is 1. The molecule has 0 heterocycles. The Kier molecular flexibility index (Phi) is 10.3. The third-order valence-corrected chi connectivity index (χ3v) is 6.70. The number of alkyl halides is 3. The predicted molar refractivity (Wildman–Crippen MR) is 146 cm³/mol. The lowest BCUT2D eigenvalue weighted by atomic mass is 10.0. The van der Waals surface area contributed by atoms with Crippen molar-refractivity contribution in [2.75, 3.05) is 17.5 Å². The number of amides is 1. The minimum atomic E-state index is -4.75. The van der Waals surface area contributed by atoms with Gasteiger partial charge in [-0.1, -0.05) is 36.4 Å². The summed E-state index contributed by atoms with van der Waals surface area (Å²) in [6.45, 7) is 1.62. The number of aliphatic hydroxyl groups excluding tert-OH is 1. The van der Waals surface area contributed by atoms with E-state index in [1.165, 1.54) is 18.2 Å². The van der Waals surface area contributed by atoms with Crippen LogP contribution < -0.4 is 15.4 Å². The van der Waals surface area contributed by atoms with Gasteiger partial charge in [0.1, 0.15) is 11.6 Å². The molecule has 3 aromatic rings. The standard InChI is InChI=1S/C28H31F4N3O5S/c1-17(33-16-26(37)20-7-9-25(36)24(13-20)35-41(2,39)40)10-18-4-3-5-19(11-18)12-27(38)34-15-21-6-8-22(29)14-23(21)28(30,31)32/h3-9,11,13-14,17,26,33,35-37H,10,12,15-16H2,1-2H3,(H,34,38)/t17-,26-/m1/s1. The number of rotatable bonds is 12. The van der Waals surface area contributed by atoms with E-state index in [1.807, 2.05) is 13.0 Å². The van der Waals surface area contributed by atoms with Crippen LogP contribution in [0.25, 0.3) is 0 Å². The van der Waals surface area contributed by atoms with Crippen molar-refractivity contribution in [3.8, 4) is 5.75 Å². The number of phenols is 1. The fraction of sp³-hybridized carbons (Fsp3) is 0.321. The molecule has 0 fully saturated rings. The molecule has 5 N–H and O–H groups in total. The lowest BCUT2D eigenvalue weighted by Crippen LogP contribution is -2.32. The highest BCUT2D eigenvalue weighted by molar-refractivity contribution is 7.92. The van der Waals surface area contributed by atoms with Gasteiger partial charge in [-0.25, -0.2) is 12.8 Å². The SMILES string of the molecule is C[C@H](Cc1cccc(CC(=O)NCc2ccc(F)cc2C(F)(F)F)c1)NC[C@@H](O)c1ccc(O)c(NS(C)(=O)=O)c1. The van der Waals surface area contributed by atoms with Crippen molar-refractivity contribution in [2.45, 2.75) is 44.6 Å². The summed E-state index contributed by atoms with van der Waals surface area (Å²) in [5.74, 6) is -1.78. The van der Waals surface area contributed by atoms with Gasteiger partial charge in [-0.3, -0.25) is 9.52 Å². The average Bonchev–Trinajstić information content (AvgIpc) is 2.86. The molecule has 0 saturated heterocycles. The van der Waals surface area contributed by atoms with Crippen molar-refractivity contribution in [3.05, 3.63) is 94.3 Å². The second kappa shape index (κ2) is 13.3. The van der Waals surface area contributed by atoms with Gasteiger partial charge >= 0.3 is 6.18 Å². The number of halogens is 4. The van der Waals surface area contributed by atoms with Gasteiger partial charge in [-0.2, -0.15) is 13.2 Å². The van der Waals surface area contributed by atoms with E-state index in [4.69, 9.17) is 0 Å². The molecular weight excluding hydrogens is 566 g/mol. The molecule has 222 valence electrons. The van der Waals surface area contributed by atoms with Crippen molar-refractivity contribution in [1.82, 2.24) is 10.6 Å². The first-order chi connectivity index (χ1) is 19.1. The van der Waals surface area contributed by atoms with Crippen LogP contribution >= 0.6 is 0 Å². The molecule has 0 aliphatic carbocycles. The zero-order valence-corrected chi connectivity index (χ0v) is 23.1. The second-order valence-corrected chi connectivity index (χ2v) is 11.5. The highest BCUT2D eigenvalue weighted by Gasteiger charge is 2.33. The molecule has 0 aliphatic rings. The van der Waals surface area contributed by atoms with E-state index in [1.54, 1.807) is 18.2 Å². The number of anilines is 1. The molecule has 0 bridgehead atoms. The molecule has 1 amide bonds. The Morgan fingerprint density at radius 2 is 1.73 bits per heavy atom. The first kappa shape index (κ1) is 31.8. The largest absolute Gasteiger partial charge is 0.506 e. The molecule has 3 aromatic carbocycles. The summed E-state index contributed by atoms with van der Waals surface area (Å²) in [6.07, 6.45) is -4.33. The van der Waals surface area contributed by atoms with E-state index in [-0.39, 0.29) is 36.0 Å². The topological polar surface area (TPSA) is 128 Å². The monoisotopic (exact) mass is 597 g/mol. The van der Waals surface area contributed by atoms with Crippen molar-refractivity contribution in [1.29, 1.82) is 0 Å². The summed E-state index contributed by atoms with van der Waals surface area (Å²) in [5, 5.41) is 26.1. The number of phenolic OH excluding ortho intramolecular Hbond substituents is 1. The Morgan fingerprint density at radius 3 is 2.41 bits per heavy atom. The summed E-state index contributed by atoms with van der Waals surface area (Å²) in [6, 6.07) is 13.4. The Hall–Kier alpha value is -3.68. The zero-order chi connectivity index (χ0) is 30.4. The van der Waals surface area contributed by atoms with Gasteiger partial charge in [0.15, 0.2) is 0 Å². The lowest BCUT2D eigenvalue weighted by molar-refractivity contribution is -0.138. The van der Waals surface area contributed by atoms with Gasteiger partial charge < -0.3 is 20.8 Å². The van der Waals surface area contributed by atoms with Crippen LogP contribution in [0.1, 0.15) is 40.8 Å². The molecule has 0 spiro atoms. The Bertz CT molecular complexity index is 1480. The van der Waals surface area contributed by atoms with E-state index in [0.29, 0.717) is 23.6 Å². The molecule has 13 heteroatoms. The number of aliphatic hydroxyl groups is 1. The average molecular weight is 598 g/mol. The number of benzene rings is 3. The summed E-state index contributed by atoms with van der Waals surface area (Å²) >= 11 is 0. The molecule has 0 aliphatic heterocycles. The molecular formula is C28H31F4N3O5S. The first-order valence-electron chi connectivity index (χ1n) is 12.5. The number of hydrogen-bond donors (Lipinski definition) is 5. The van der Waals surface area contributed by atoms with Gasteiger partial charge in [0.2, 0.25) is 15.9 Å². The van der Waals surface area contributed by atoms with Gasteiger partial charge in [0, 0.05) is 19.1 Å². The van der Waals surface area contributed by atoms with Gasteiger partial charge in [-0.15, -0.1) is 0 Å². The lowest BCUT2D eigenvalue weighted by Gasteiger charge is -2.19. The minimum absolute atomic E-state index is 0.0450. The van der Waals surface area contributed by atoms with E-state index < -0.39 is 46.1 Å². The van der Waals surface area contributed by atoms with Crippen molar-refractivity contribution >= 4 is 21.6 Å². The maximum Gasteiger partial charge on any atom is 0.416 e. The third-order valence-electron chi connectivity index (χ3n) is 6.11. The summed E-state index contributed by atoms with van der Waals surface area (Å²) in [4.78, 5) is 12.4. The Balaban J connectivity index is 1.53. The first-order valence-corrected chi connectivity index (χ1v) is 14.4. The van der Waals surface area contributed by atoms with Gasteiger partial charge in [-0.05, 0) is 59.9 Å². The van der Waals surface area contributed by atoms with Crippen LogP contribution in [0.15, 0.2) is 60.7 Å². The minimum Gasteiger partial charge on any atom is -0.506 e. The van der Waals surface area contributed by atoms with E-state index >= 15 is 0 Å². The predicted octanol–water partition coefficient (Wildman–Crippen LogP) is 4.03. The van der Waals surface area contributed by atoms with Crippen LogP contribution in [-0.2, 0) is 40.4 Å². The van der Waals surface area contributed by atoms with Crippen LogP contribution in [0.4, 0.5) is 23.2 Å². The van der Waals surface area contributed by atoms with E-state index in [9.17, 15) is 41.0 Å². The summed E-state index contributed by atoms with van der Waals surface area (Å²) < 4.78 is 78.0. The normalized spacial score (nSPS) is 13.4. The maximum atomic E-state index is 13.3. The van der Waals surface area contributed by atoms with Crippen LogP contribution in [-0.4, -0.2) is 43.4 Å². The van der Waals surface area contributed by atoms with Crippen LogP contribution in [0, 0.1) is 5.82 Å². The summed E-state index contributed by atoms with van der Waals surface area (Å²) in [7, 11) is -3.62. The highest BCUT2D eigenvalue weighted by Crippen LogP contribution is 2.32. The fourth-order valence-electron chi connectivity index (χ4n) is 4.17. The molecule has 41 heavy (non-hydrogen) atoms. The van der Waals surface area contributed by atoms with E-state index in [0.717, 1.165) is 24.0 Å². The molecule has 8 nitrogen and oxygen atoms in total. The number of carbonyl (C=O) groups is 1. The number of hydrogen-bond acceptors (Lipinski definition) is 6. The summed E-state index contributed by atoms with van der Waals surface area (Å²) in [5.41, 5.74) is 0.506.